The zero-order valence-electron chi connectivity index (χ0n) is 12.1. The lowest BCUT2D eigenvalue weighted by Gasteiger charge is -2.20. The maximum absolute atomic E-state index is 12.1. The van der Waals surface area contributed by atoms with E-state index in [1.807, 2.05) is 7.05 Å². The number of benzene rings is 1. The number of hydrogen-bond donors (Lipinski definition) is 1. The molecule has 1 rings (SSSR count). The molecule has 0 fully saturated rings. The van der Waals surface area contributed by atoms with Gasteiger partial charge in [0.1, 0.15) is 5.75 Å². The van der Waals surface area contributed by atoms with E-state index in [-0.39, 0.29) is 5.75 Å². The van der Waals surface area contributed by atoms with Crippen LogP contribution in [0.4, 0.5) is 13.2 Å². The van der Waals surface area contributed by atoms with Crippen molar-refractivity contribution in [1.82, 2.24) is 5.32 Å². The van der Waals surface area contributed by atoms with Crippen LogP contribution >= 0.6 is 0 Å². The van der Waals surface area contributed by atoms with Gasteiger partial charge in [0.05, 0.1) is 0 Å². The molecule has 1 aromatic carbocycles. The summed E-state index contributed by atoms with van der Waals surface area (Å²) in [6.07, 6.45) is -1.66. The maximum atomic E-state index is 12.1. The third-order valence-electron chi connectivity index (χ3n) is 3.43. The topological polar surface area (TPSA) is 21.3 Å². The van der Waals surface area contributed by atoms with Crippen molar-refractivity contribution in [1.29, 1.82) is 0 Å². The van der Waals surface area contributed by atoms with Gasteiger partial charge in [0.25, 0.3) is 0 Å². The van der Waals surface area contributed by atoms with Crippen LogP contribution in [0.25, 0.3) is 0 Å². The van der Waals surface area contributed by atoms with Crippen LogP contribution in [0.5, 0.6) is 5.75 Å². The van der Waals surface area contributed by atoms with Crippen molar-refractivity contribution in [2.24, 2.45) is 5.92 Å². The molecule has 5 heteroatoms. The number of ether oxygens (including phenoxy) is 1. The summed E-state index contributed by atoms with van der Waals surface area (Å²) >= 11 is 0. The lowest BCUT2D eigenvalue weighted by Crippen LogP contribution is -2.29. The smallest absolute Gasteiger partial charge is 0.406 e. The molecule has 0 amide bonds. The van der Waals surface area contributed by atoms with E-state index in [1.54, 1.807) is 12.1 Å². The van der Waals surface area contributed by atoms with Gasteiger partial charge in [-0.15, -0.1) is 13.2 Å². The van der Waals surface area contributed by atoms with Crippen LogP contribution in [0.2, 0.25) is 0 Å². The second-order valence-electron chi connectivity index (χ2n) is 5.13. The molecule has 0 saturated carbocycles. The van der Waals surface area contributed by atoms with Crippen LogP contribution in [-0.4, -0.2) is 19.5 Å². The Morgan fingerprint density at radius 2 is 1.80 bits per heavy atom. The van der Waals surface area contributed by atoms with Crippen molar-refractivity contribution in [3.63, 3.8) is 0 Å². The summed E-state index contributed by atoms with van der Waals surface area (Å²) < 4.78 is 40.0. The molecule has 0 saturated heterocycles. The summed E-state index contributed by atoms with van der Waals surface area (Å²) in [5, 5.41) is 3.26. The molecule has 0 aliphatic rings. The first-order valence-corrected chi connectivity index (χ1v) is 6.86. The molecule has 2 unspecified atom stereocenters. The second-order valence-corrected chi connectivity index (χ2v) is 5.13. The average Bonchev–Trinajstić information content (AvgIpc) is 2.38. The summed E-state index contributed by atoms with van der Waals surface area (Å²) in [7, 11) is 1.91. The predicted molar refractivity (Wildman–Crippen MR) is 73.7 cm³/mol. The van der Waals surface area contributed by atoms with Gasteiger partial charge in [-0.25, -0.2) is 0 Å². The molecule has 20 heavy (non-hydrogen) atoms. The van der Waals surface area contributed by atoms with Gasteiger partial charge in [-0.1, -0.05) is 32.4 Å². The molecule has 2 atom stereocenters. The van der Waals surface area contributed by atoms with Crippen LogP contribution < -0.4 is 10.1 Å². The van der Waals surface area contributed by atoms with Crippen LogP contribution in [0.3, 0.4) is 0 Å². The molecule has 114 valence electrons. The maximum Gasteiger partial charge on any atom is 0.573 e. The number of halogens is 3. The summed E-state index contributed by atoms with van der Waals surface area (Å²) in [4.78, 5) is 0. The highest BCUT2D eigenvalue weighted by molar-refractivity contribution is 5.28. The van der Waals surface area contributed by atoms with E-state index >= 15 is 0 Å². The zero-order valence-corrected chi connectivity index (χ0v) is 12.1. The van der Waals surface area contributed by atoms with Crippen molar-refractivity contribution >= 4 is 0 Å². The number of rotatable bonds is 7. The third kappa shape index (κ3) is 6.28. The molecular formula is C15H22F3NO. The molecule has 0 radical (unpaired) electrons. The molecule has 0 aliphatic carbocycles. The van der Waals surface area contributed by atoms with Crippen molar-refractivity contribution in [3.05, 3.63) is 29.8 Å². The number of alkyl halides is 3. The number of nitrogens with one attached hydrogen (secondary N) is 1. The SMILES string of the molecule is CCC(C)CC(Cc1ccc(OC(F)(F)F)cc1)NC. The van der Waals surface area contributed by atoms with Crippen LogP contribution in [-0.2, 0) is 6.42 Å². The summed E-state index contributed by atoms with van der Waals surface area (Å²) in [6, 6.07) is 6.42. The lowest BCUT2D eigenvalue weighted by molar-refractivity contribution is -0.274. The second kappa shape index (κ2) is 7.53. The highest BCUT2D eigenvalue weighted by Crippen LogP contribution is 2.23. The van der Waals surface area contributed by atoms with Crippen molar-refractivity contribution in [2.75, 3.05) is 7.05 Å². The zero-order chi connectivity index (χ0) is 15.2. The molecule has 0 bridgehead atoms. The Bertz CT molecular complexity index is 389. The monoisotopic (exact) mass is 289 g/mol. The molecular weight excluding hydrogens is 267 g/mol. The molecule has 1 aromatic rings. The first kappa shape index (κ1) is 16.8. The summed E-state index contributed by atoms with van der Waals surface area (Å²) in [5.41, 5.74) is 1.00. The fourth-order valence-corrected chi connectivity index (χ4v) is 2.07. The minimum Gasteiger partial charge on any atom is -0.406 e. The Morgan fingerprint density at radius 1 is 1.20 bits per heavy atom. The fourth-order valence-electron chi connectivity index (χ4n) is 2.07. The Kier molecular flexibility index (Phi) is 6.33. The Balaban J connectivity index is 2.59. The van der Waals surface area contributed by atoms with E-state index in [1.165, 1.54) is 12.1 Å². The lowest BCUT2D eigenvalue weighted by atomic mass is 9.95. The largest absolute Gasteiger partial charge is 0.573 e. The molecule has 0 aromatic heterocycles. The van der Waals surface area contributed by atoms with E-state index < -0.39 is 6.36 Å². The number of hydrogen-bond acceptors (Lipinski definition) is 2. The first-order valence-electron chi connectivity index (χ1n) is 6.86. The van der Waals surface area contributed by atoms with Crippen LogP contribution in [0, 0.1) is 5.92 Å². The van der Waals surface area contributed by atoms with E-state index in [0.717, 1.165) is 24.8 Å². The minimum absolute atomic E-state index is 0.177. The van der Waals surface area contributed by atoms with Gasteiger partial charge in [-0.05, 0) is 43.5 Å². The molecule has 0 heterocycles. The fraction of sp³-hybridized carbons (Fsp3) is 0.600. The molecule has 0 aliphatic heterocycles. The van der Waals surface area contributed by atoms with E-state index in [0.29, 0.717) is 12.0 Å². The van der Waals surface area contributed by atoms with E-state index in [4.69, 9.17) is 0 Å². The number of likely N-dealkylation sites (N-methyl/N-ethyl adjacent to an activating group) is 1. The van der Waals surface area contributed by atoms with E-state index in [2.05, 4.69) is 23.9 Å². The predicted octanol–water partition coefficient (Wildman–Crippen LogP) is 4.15. The highest BCUT2D eigenvalue weighted by Gasteiger charge is 2.30. The first-order chi connectivity index (χ1) is 9.34. The quantitative estimate of drug-likeness (QED) is 0.814. The van der Waals surface area contributed by atoms with Crippen molar-refractivity contribution < 1.29 is 17.9 Å². The molecule has 0 spiro atoms. The Hall–Kier alpha value is -1.23. The van der Waals surface area contributed by atoms with Crippen LogP contribution in [0.1, 0.15) is 32.3 Å². The Morgan fingerprint density at radius 3 is 2.25 bits per heavy atom. The summed E-state index contributed by atoms with van der Waals surface area (Å²) in [5.74, 6) is 0.449. The van der Waals surface area contributed by atoms with Gasteiger partial charge >= 0.3 is 6.36 Å². The van der Waals surface area contributed by atoms with Crippen molar-refractivity contribution in [3.8, 4) is 5.75 Å². The average molecular weight is 289 g/mol. The molecule has 1 N–H and O–H groups in total. The van der Waals surface area contributed by atoms with Gasteiger partial charge in [-0.2, -0.15) is 0 Å². The normalized spacial score (nSPS) is 14.9. The standard InChI is InChI=1S/C15H22F3NO/c1-4-11(2)9-13(19-3)10-12-5-7-14(8-6-12)20-15(16,17)18/h5-8,11,13,19H,4,9-10H2,1-3H3. The van der Waals surface area contributed by atoms with Gasteiger partial charge in [0, 0.05) is 6.04 Å². The van der Waals surface area contributed by atoms with Gasteiger partial charge in [0.2, 0.25) is 0 Å². The summed E-state index contributed by atoms with van der Waals surface area (Å²) in [6.45, 7) is 4.35. The highest BCUT2D eigenvalue weighted by atomic mass is 19.4. The Labute approximate surface area is 118 Å². The van der Waals surface area contributed by atoms with Crippen molar-refractivity contribution in [2.45, 2.75) is 45.5 Å². The van der Waals surface area contributed by atoms with Gasteiger partial charge < -0.3 is 10.1 Å². The third-order valence-corrected chi connectivity index (χ3v) is 3.43. The minimum atomic E-state index is -4.63. The molecule has 2 nitrogen and oxygen atoms in total. The van der Waals surface area contributed by atoms with Gasteiger partial charge in [-0.3, -0.25) is 0 Å². The van der Waals surface area contributed by atoms with Gasteiger partial charge in [0.15, 0.2) is 0 Å². The van der Waals surface area contributed by atoms with Crippen LogP contribution in [0.15, 0.2) is 24.3 Å². The van der Waals surface area contributed by atoms with E-state index in [9.17, 15) is 13.2 Å².